The number of aliphatic hydroxyl groups is 1. The summed E-state index contributed by atoms with van der Waals surface area (Å²) in [6.07, 6.45) is 0. The first kappa shape index (κ1) is 14.8. The molecule has 0 aromatic heterocycles. The Labute approximate surface area is 96.9 Å². The zero-order chi connectivity index (χ0) is 13.3. The molecule has 2 saturated heterocycles. The molecule has 5 N–H and O–H groups in total. The van der Waals surface area contributed by atoms with Gasteiger partial charge in [0.25, 0.3) is 0 Å². The summed E-state index contributed by atoms with van der Waals surface area (Å²) < 4.78 is 0. The number of aliphatic hydroxyl groups excluding tert-OH is 1. The number of urea groups is 2. The number of hydrogen-bond donors (Lipinski definition) is 5. The van der Waals surface area contributed by atoms with E-state index in [2.05, 4.69) is 10.6 Å². The van der Waals surface area contributed by atoms with E-state index in [9.17, 15) is 19.2 Å². The van der Waals surface area contributed by atoms with Crippen LogP contribution in [0.4, 0.5) is 9.59 Å². The summed E-state index contributed by atoms with van der Waals surface area (Å²) in [4.78, 5) is 40.1. The molecule has 0 aliphatic carbocycles. The van der Waals surface area contributed by atoms with Crippen LogP contribution in [0.15, 0.2) is 0 Å². The van der Waals surface area contributed by atoms with Gasteiger partial charge >= 0.3 is 12.1 Å². The van der Waals surface area contributed by atoms with Crippen molar-refractivity contribution in [2.45, 2.75) is 6.92 Å². The van der Waals surface area contributed by atoms with Crippen LogP contribution in [0, 0.1) is 0 Å². The Morgan fingerprint density at radius 1 is 0.941 bits per heavy atom. The van der Waals surface area contributed by atoms with Gasteiger partial charge in [0.2, 0.25) is 11.8 Å². The summed E-state index contributed by atoms with van der Waals surface area (Å²) in [6, 6.07) is -0.796. The van der Waals surface area contributed by atoms with Crippen LogP contribution in [-0.4, -0.2) is 48.7 Å². The van der Waals surface area contributed by atoms with Gasteiger partial charge in [-0.1, -0.05) is 0 Å². The third-order valence-electron chi connectivity index (χ3n) is 1.32. The molecule has 0 aromatic rings. The highest BCUT2D eigenvalue weighted by Crippen LogP contribution is 1.74. The lowest BCUT2D eigenvalue weighted by molar-refractivity contribution is -0.118. The lowest BCUT2D eigenvalue weighted by Crippen LogP contribution is -2.22. The van der Waals surface area contributed by atoms with E-state index in [-0.39, 0.29) is 31.5 Å². The summed E-state index contributed by atoms with van der Waals surface area (Å²) in [5.41, 5.74) is 0. The van der Waals surface area contributed by atoms with Gasteiger partial charge in [-0.05, 0) is 6.92 Å². The average molecular weight is 246 g/mol. The maximum atomic E-state index is 10.1. The number of rotatable bonds is 0. The summed E-state index contributed by atoms with van der Waals surface area (Å²) in [7, 11) is 0. The lowest BCUT2D eigenvalue weighted by Gasteiger charge is -1.78. The molecule has 2 aliphatic heterocycles. The highest BCUT2D eigenvalue weighted by molar-refractivity contribution is 6.02. The quantitative estimate of drug-likeness (QED) is 0.305. The van der Waals surface area contributed by atoms with Gasteiger partial charge < -0.3 is 15.7 Å². The van der Waals surface area contributed by atoms with E-state index in [1.54, 1.807) is 6.92 Å². The molecule has 0 atom stereocenters. The second-order valence-electron chi connectivity index (χ2n) is 2.78. The standard InChI is InChI=1S/2C3H4N2O2.C2H6O/c2*6-2-1-4-3(7)5-2;1-2-3/h2*1H2,(H2,4,5,6,7);3H,2H2,1H3. The summed E-state index contributed by atoms with van der Waals surface area (Å²) >= 11 is 0. The number of hydrogen-bond acceptors (Lipinski definition) is 5. The molecule has 6 amide bonds. The fourth-order valence-corrected chi connectivity index (χ4v) is 0.751. The van der Waals surface area contributed by atoms with Crippen LogP contribution in [0.1, 0.15) is 6.92 Å². The van der Waals surface area contributed by atoms with Crippen LogP contribution in [0.25, 0.3) is 0 Å². The second-order valence-corrected chi connectivity index (χ2v) is 2.78. The molecule has 2 heterocycles. The third kappa shape index (κ3) is 7.73. The summed E-state index contributed by atoms with van der Waals surface area (Å²) in [5, 5.41) is 16.2. The van der Waals surface area contributed by atoms with Crippen molar-refractivity contribution in [2.75, 3.05) is 19.7 Å². The normalized spacial score (nSPS) is 16.6. The van der Waals surface area contributed by atoms with Gasteiger partial charge in [0, 0.05) is 6.61 Å². The van der Waals surface area contributed by atoms with Gasteiger partial charge in [0.1, 0.15) is 0 Å². The number of imide groups is 2. The minimum atomic E-state index is -0.398. The molecule has 9 nitrogen and oxygen atoms in total. The zero-order valence-corrected chi connectivity index (χ0v) is 9.20. The Hall–Kier alpha value is -2.16. The van der Waals surface area contributed by atoms with Crippen molar-refractivity contribution in [3.8, 4) is 0 Å². The van der Waals surface area contributed by atoms with Gasteiger partial charge in [0.15, 0.2) is 0 Å². The SMILES string of the molecule is CCO.O=C1CNC(=O)N1.O=C1CNC(=O)N1. The van der Waals surface area contributed by atoms with Crippen LogP contribution >= 0.6 is 0 Å². The van der Waals surface area contributed by atoms with Crippen LogP contribution in [0.2, 0.25) is 0 Å². The Bertz CT molecular complexity index is 259. The van der Waals surface area contributed by atoms with Crippen molar-refractivity contribution in [2.24, 2.45) is 0 Å². The fourth-order valence-electron chi connectivity index (χ4n) is 0.751. The molecule has 96 valence electrons. The predicted octanol–water partition coefficient (Wildman–Crippen LogP) is -2.35. The van der Waals surface area contributed by atoms with E-state index in [1.807, 2.05) is 10.6 Å². The Morgan fingerprint density at radius 3 is 1.29 bits per heavy atom. The van der Waals surface area contributed by atoms with Crippen molar-refractivity contribution >= 4 is 23.9 Å². The second kappa shape index (κ2) is 8.05. The van der Waals surface area contributed by atoms with E-state index in [0.717, 1.165) is 0 Å². The predicted molar refractivity (Wildman–Crippen MR) is 55.8 cm³/mol. The van der Waals surface area contributed by atoms with Crippen LogP contribution in [0.5, 0.6) is 0 Å². The molecule has 0 saturated carbocycles. The highest BCUT2D eigenvalue weighted by Gasteiger charge is 2.14. The van der Waals surface area contributed by atoms with Crippen molar-refractivity contribution < 1.29 is 24.3 Å². The minimum Gasteiger partial charge on any atom is -0.397 e. The molecule has 17 heavy (non-hydrogen) atoms. The maximum Gasteiger partial charge on any atom is 0.321 e. The Morgan fingerprint density at radius 2 is 1.24 bits per heavy atom. The zero-order valence-electron chi connectivity index (χ0n) is 9.20. The van der Waals surface area contributed by atoms with E-state index in [4.69, 9.17) is 5.11 Å². The molecule has 0 radical (unpaired) electrons. The first-order valence-corrected chi connectivity index (χ1v) is 4.75. The first-order chi connectivity index (χ1) is 7.99. The molecular formula is C8H14N4O5. The van der Waals surface area contributed by atoms with E-state index < -0.39 is 12.1 Å². The highest BCUT2D eigenvalue weighted by atomic mass is 16.2. The lowest BCUT2D eigenvalue weighted by atomic mass is 10.7. The summed E-state index contributed by atoms with van der Waals surface area (Å²) in [6.45, 7) is 2.18. The van der Waals surface area contributed by atoms with E-state index in [0.29, 0.717) is 0 Å². The van der Waals surface area contributed by atoms with Crippen molar-refractivity contribution in [3.05, 3.63) is 0 Å². The Kier molecular flexibility index (Phi) is 7.02. The molecule has 9 heteroatoms. The number of nitrogens with one attached hydrogen (secondary N) is 4. The van der Waals surface area contributed by atoms with Gasteiger partial charge in [-0.15, -0.1) is 0 Å². The fraction of sp³-hybridized carbons (Fsp3) is 0.500. The number of amides is 6. The number of carbonyl (C=O) groups is 4. The van der Waals surface area contributed by atoms with Gasteiger partial charge in [-0.3, -0.25) is 20.2 Å². The maximum absolute atomic E-state index is 10.1. The van der Waals surface area contributed by atoms with Crippen LogP contribution < -0.4 is 21.3 Å². The van der Waals surface area contributed by atoms with Crippen LogP contribution in [0.3, 0.4) is 0 Å². The average Bonchev–Trinajstić information content (AvgIpc) is 2.78. The minimum absolute atomic E-state index is 0.124. The molecule has 0 aromatic carbocycles. The molecular weight excluding hydrogens is 232 g/mol. The van der Waals surface area contributed by atoms with Gasteiger partial charge in [0.05, 0.1) is 13.1 Å². The van der Waals surface area contributed by atoms with E-state index in [1.165, 1.54) is 0 Å². The first-order valence-electron chi connectivity index (χ1n) is 4.75. The van der Waals surface area contributed by atoms with Gasteiger partial charge in [-0.2, -0.15) is 0 Å². The van der Waals surface area contributed by atoms with Crippen molar-refractivity contribution in [1.82, 2.24) is 21.3 Å². The smallest absolute Gasteiger partial charge is 0.321 e. The van der Waals surface area contributed by atoms with Gasteiger partial charge in [-0.25, -0.2) is 9.59 Å². The van der Waals surface area contributed by atoms with Crippen molar-refractivity contribution in [3.63, 3.8) is 0 Å². The van der Waals surface area contributed by atoms with Crippen LogP contribution in [-0.2, 0) is 9.59 Å². The monoisotopic (exact) mass is 246 g/mol. The molecule has 2 rings (SSSR count). The van der Waals surface area contributed by atoms with E-state index >= 15 is 0 Å². The molecule has 0 unspecified atom stereocenters. The molecule has 0 spiro atoms. The summed E-state index contributed by atoms with van der Waals surface area (Å²) in [5.74, 6) is -0.519. The Balaban J connectivity index is 0.000000247. The third-order valence-corrected chi connectivity index (χ3v) is 1.32. The molecule has 2 aliphatic rings. The van der Waals surface area contributed by atoms with Crippen molar-refractivity contribution in [1.29, 1.82) is 0 Å². The largest absolute Gasteiger partial charge is 0.397 e. The molecule has 2 fully saturated rings. The molecule has 0 bridgehead atoms. The topological polar surface area (TPSA) is 137 Å². The number of carbonyl (C=O) groups excluding carboxylic acids is 4.